The molecule has 0 unspecified atom stereocenters. The van der Waals surface area contributed by atoms with E-state index in [1.54, 1.807) is 12.1 Å². The van der Waals surface area contributed by atoms with Gasteiger partial charge in [-0.2, -0.15) is 0 Å². The van der Waals surface area contributed by atoms with Gasteiger partial charge in [0, 0.05) is 17.1 Å². The largest absolute Gasteiger partial charge is 0.467 e. The molecule has 4 aromatic rings. The van der Waals surface area contributed by atoms with E-state index in [4.69, 9.17) is 26.8 Å². The van der Waals surface area contributed by atoms with Crippen LogP contribution in [0.15, 0.2) is 97.1 Å². The minimum absolute atomic E-state index is 0.200. The Kier molecular flexibility index (Phi) is 7.88. The van der Waals surface area contributed by atoms with Gasteiger partial charge in [-0.25, -0.2) is 4.79 Å². The number of halogens is 1. The van der Waals surface area contributed by atoms with Gasteiger partial charge in [-0.05, 0) is 59.2 Å². The maximum atomic E-state index is 12.8. The summed E-state index contributed by atoms with van der Waals surface area (Å²) < 4.78 is 10.7. The van der Waals surface area contributed by atoms with Gasteiger partial charge in [-0.1, -0.05) is 66.2 Å². The summed E-state index contributed by atoms with van der Waals surface area (Å²) in [7, 11) is 1.28. The molecule has 1 atom stereocenters. The first-order chi connectivity index (χ1) is 17.4. The van der Waals surface area contributed by atoms with Gasteiger partial charge in [0.2, 0.25) is 0 Å². The Morgan fingerprint density at radius 2 is 1.47 bits per heavy atom. The van der Waals surface area contributed by atoms with Crippen molar-refractivity contribution < 1.29 is 19.1 Å². The summed E-state index contributed by atoms with van der Waals surface area (Å²) in [6.45, 7) is 0. The topological polar surface area (TPSA) is 90.6 Å². The molecule has 0 fully saturated rings. The number of ether oxygens (including phenoxy) is 2. The maximum absolute atomic E-state index is 12.8. The maximum Gasteiger partial charge on any atom is 0.328 e. The third kappa shape index (κ3) is 6.23. The van der Waals surface area contributed by atoms with Gasteiger partial charge in [-0.3, -0.25) is 4.79 Å². The summed E-state index contributed by atoms with van der Waals surface area (Å²) in [6.07, 6.45) is 0.253. The molecule has 3 N–H and O–H groups in total. The molecular weight excluding hydrogens is 476 g/mol. The molecule has 1 amide bonds. The number of benzene rings is 4. The van der Waals surface area contributed by atoms with Crippen LogP contribution in [0.5, 0.6) is 11.5 Å². The van der Waals surface area contributed by atoms with Crippen LogP contribution in [0, 0.1) is 0 Å². The normalized spacial score (nSPS) is 11.4. The van der Waals surface area contributed by atoms with Crippen LogP contribution in [0.25, 0.3) is 11.1 Å². The first-order valence-corrected chi connectivity index (χ1v) is 11.7. The van der Waals surface area contributed by atoms with Crippen LogP contribution in [-0.4, -0.2) is 25.0 Å². The Morgan fingerprint density at radius 3 is 2.11 bits per heavy atom. The summed E-state index contributed by atoms with van der Waals surface area (Å²) in [4.78, 5) is 25.1. The number of para-hydroxylation sites is 1. The van der Waals surface area contributed by atoms with E-state index in [0.717, 1.165) is 28.2 Å². The predicted molar refractivity (Wildman–Crippen MR) is 141 cm³/mol. The van der Waals surface area contributed by atoms with Crippen LogP contribution in [0.3, 0.4) is 0 Å². The molecule has 0 aliphatic heterocycles. The lowest BCUT2D eigenvalue weighted by molar-refractivity contribution is -0.142. The highest BCUT2D eigenvalue weighted by Crippen LogP contribution is 2.26. The molecule has 0 saturated carbocycles. The minimum Gasteiger partial charge on any atom is -0.467 e. The number of nitrogens with two attached hydrogens (primary N) is 1. The molecule has 0 bridgehead atoms. The highest BCUT2D eigenvalue weighted by atomic mass is 35.5. The van der Waals surface area contributed by atoms with Gasteiger partial charge < -0.3 is 20.5 Å². The van der Waals surface area contributed by atoms with E-state index >= 15 is 0 Å². The third-order valence-corrected chi connectivity index (χ3v) is 5.85. The molecular formula is C29H25ClN2O4. The second-order valence-electron chi connectivity index (χ2n) is 8.12. The molecule has 0 radical (unpaired) electrons. The standard InChI is InChI=1S/C29H25ClN2O4/c1-35-29(34)27(32-28(33)25-18-22(30)13-16-26(25)31)17-19-7-9-20(10-8-19)21-11-14-24(15-12-21)36-23-5-3-2-4-6-23/h2-16,18,27H,17,31H2,1H3,(H,32,33)/t27-/m0/s1. The molecule has 0 aliphatic rings. The number of carbonyl (C=O) groups is 2. The van der Waals surface area contributed by atoms with E-state index in [1.165, 1.54) is 13.2 Å². The Morgan fingerprint density at radius 1 is 0.861 bits per heavy atom. The van der Waals surface area contributed by atoms with Gasteiger partial charge in [0.1, 0.15) is 17.5 Å². The lowest BCUT2D eigenvalue weighted by Crippen LogP contribution is -2.43. The van der Waals surface area contributed by atoms with Gasteiger partial charge >= 0.3 is 5.97 Å². The van der Waals surface area contributed by atoms with Crippen LogP contribution < -0.4 is 15.8 Å². The summed E-state index contributed by atoms with van der Waals surface area (Å²) in [5.41, 5.74) is 9.27. The molecule has 0 spiro atoms. The number of hydrogen-bond acceptors (Lipinski definition) is 5. The Hall–Kier alpha value is -4.29. The van der Waals surface area contributed by atoms with Gasteiger partial charge in [0.05, 0.1) is 12.7 Å². The van der Waals surface area contributed by atoms with Gasteiger partial charge in [-0.15, -0.1) is 0 Å². The Labute approximate surface area is 214 Å². The van der Waals surface area contributed by atoms with Crippen LogP contribution in [0.1, 0.15) is 15.9 Å². The fraction of sp³-hybridized carbons (Fsp3) is 0.103. The number of rotatable bonds is 8. The third-order valence-electron chi connectivity index (χ3n) is 5.61. The molecule has 7 heteroatoms. The van der Waals surface area contributed by atoms with Crippen LogP contribution in [0.4, 0.5) is 5.69 Å². The monoisotopic (exact) mass is 500 g/mol. The van der Waals surface area contributed by atoms with Crippen molar-refractivity contribution in [1.82, 2.24) is 5.32 Å². The van der Waals surface area contributed by atoms with Crippen molar-refractivity contribution in [2.45, 2.75) is 12.5 Å². The van der Waals surface area contributed by atoms with Crippen molar-refractivity contribution in [2.75, 3.05) is 12.8 Å². The molecule has 6 nitrogen and oxygen atoms in total. The fourth-order valence-electron chi connectivity index (χ4n) is 3.71. The summed E-state index contributed by atoms with van der Waals surface area (Å²) in [5, 5.41) is 3.08. The number of carbonyl (C=O) groups excluding carboxylic acids is 2. The Bertz CT molecular complexity index is 1340. The molecule has 182 valence electrons. The van der Waals surface area contributed by atoms with Crippen molar-refractivity contribution in [3.05, 3.63) is 113 Å². The van der Waals surface area contributed by atoms with E-state index in [2.05, 4.69) is 5.32 Å². The average Bonchev–Trinajstić information content (AvgIpc) is 2.90. The lowest BCUT2D eigenvalue weighted by Gasteiger charge is -2.17. The van der Waals surface area contributed by atoms with Crippen molar-refractivity contribution >= 4 is 29.2 Å². The molecule has 4 aromatic carbocycles. The fourth-order valence-corrected chi connectivity index (χ4v) is 3.88. The van der Waals surface area contributed by atoms with E-state index in [1.807, 2.05) is 78.9 Å². The molecule has 4 rings (SSSR count). The number of nitrogen functional groups attached to an aromatic ring is 1. The first kappa shape index (κ1) is 24.8. The summed E-state index contributed by atoms with van der Waals surface area (Å²) >= 11 is 5.99. The molecule has 36 heavy (non-hydrogen) atoms. The van der Waals surface area contributed by atoms with Crippen LogP contribution in [-0.2, 0) is 16.0 Å². The van der Waals surface area contributed by atoms with Crippen molar-refractivity contribution in [3.63, 3.8) is 0 Å². The number of nitrogens with one attached hydrogen (secondary N) is 1. The van der Waals surface area contributed by atoms with Gasteiger partial charge in [0.25, 0.3) is 5.91 Å². The highest BCUT2D eigenvalue weighted by Gasteiger charge is 2.23. The molecule has 0 heterocycles. The molecule has 0 saturated heterocycles. The quantitative estimate of drug-likeness (QED) is 0.232. The van der Waals surface area contributed by atoms with Crippen molar-refractivity contribution in [1.29, 1.82) is 0 Å². The zero-order chi connectivity index (χ0) is 25.5. The smallest absolute Gasteiger partial charge is 0.328 e. The first-order valence-electron chi connectivity index (χ1n) is 11.3. The zero-order valence-corrected chi connectivity index (χ0v) is 20.4. The number of anilines is 1. The van der Waals surface area contributed by atoms with Gasteiger partial charge in [0.15, 0.2) is 0 Å². The number of hydrogen-bond donors (Lipinski definition) is 2. The number of amides is 1. The van der Waals surface area contributed by atoms with E-state index in [0.29, 0.717) is 5.02 Å². The lowest BCUT2D eigenvalue weighted by atomic mass is 10.00. The second kappa shape index (κ2) is 11.4. The number of esters is 1. The highest BCUT2D eigenvalue weighted by molar-refractivity contribution is 6.31. The number of methoxy groups -OCH3 is 1. The Balaban J connectivity index is 1.44. The van der Waals surface area contributed by atoms with E-state index in [9.17, 15) is 9.59 Å². The van der Waals surface area contributed by atoms with Crippen LogP contribution >= 0.6 is 11.6 Å². The predicted octanol–water partition coefficient (Wildman–Crippen LogP) is 5.90. The summed E-state index contributed by atoms with van der Waals surface area (Å²) in [6, 6.07) is 28.9. The van der Waals surface area contributed by atoms with Crippen molar-refractivity contribution in [2.24, 2.45) is 0 Å². The van der Waals surface area contributed by atoms with E-state index < -0.39 is 17.9 Å². The summed E-state index contributed by atoms with van der Waals surface area (Å²) in [5.74, 6) is 0.473. The second-order valence-corrected chi connectivity index (χ2v) is 8.56. The molecule has 0 aliphatic carbocycles. The zero-order valence-electron chi connectivity index (χ0n) is 19.6. The van der Waals surface area contributed by atoms with E-state index in [-0.39, 0.29) is 17.7 Å². The molecule has 0 aromatic heterocycles. The minimum atomic E-state index is -0.888. The SMILES string of the molecule is COC(=O)[C@H](Cc1ccc(-c2ccc(Oc3ccccc3)cc2)cc1)NC(=O)c1cc(Cl)ccc1N. The van der Waals surface area contributed by atoms with Crippen molar-refractivity contribution in [3.8, 4) is 22.6 Å². The average molecular weight is 501 g/mol. The van der Waals surface area contributed by atoms with Crippen LogP contribution in [0.2, 0.25) is 5.02 Å².